The molecule has 3 heteroatoms. The third kappa shape index (κ3) is 1.54. The second-order valence-corrected chi connectivity index (χ2v) is 4.78. The molecule has 1 unspecified atom stereocenters. The maximum atomic E-state index is 11.6. The van der Waals surface area contributed by atoms with E-state index in [2.05, 4.69) is 0 Å². The standard InChI is InChI=1S/C11H19NO2/c1-12-10(14)5-3-7-11(12)6-2-4-9(13)8-11/h9,13H,2-8H2,1H3/t9-,11?/m0/s1. The SMILES string of the molecule is CN1C(=O)CCCC12CCC[C@H](O)C2. The van der Waals surface area contributed by atoms with Crippen LogP contribution in [0.1, 0.15) is 44.9 Å². The van der Waals surface area contributed by atoms with Gasteiger partial charge in [-0.3, -0.25) is 4.79 Å². The Morgan fingerprint density at radius 1 is 1.43 bits per heavy atom. The summed E-state index contributed by atoms with van der Waals surface area (Å²) in [7, 11) is 1.90. The number of carbonyl (C=O) groups is 1. The number of carbonyl (C=O) groups excluding carboxylic acids is 1. The molecule has 0 aromatic rings. The Bertz CT molecular complexity index is 237. The van der Waals surface area contributed by atoms with Gasteiger partial charge in [0.2, 0.25) is 5.91 Å². The highest BCUT2D eigenvalue weighted by Gasteiger charge is 2.43. The summed E-state index contributed by atoms with van der Waals surface area (Å²) in [6.07, 6.45) is 6.39. The van der Waals surface area contributed by atoms with E-state index in [1.165, 1.54) is 0 Å². The average Bonchev–Trinajstić information content (AvgIpc) is 2.14. The second kappa shape index (κ2) is 3.54. The van der Waals surface area contributed by atoms with Gasteiger partial charge in [-0.25, -0.2) is 0 Å². The van der Waals surface area contributed by atoms with Gasteiger partial charge in [-0.05, 0) is 38.5 Å². The lowest BCUT2D eigenvalue weighted by Gasteiger charge is -2.48. The first-order valence-electron chi connectivity index (χ1n) is 5.59. The van der Waals surface area contributed by atoms with Crippen molar-refractivity contribution < 1.29 is 9.90 Å². The van der Waals surface area contributed by atoms with Crippen LogP contribution in [0.15, 0.2) is 0 Å². The monoisotopic (exact) mass is 197 g/mol. The normalized spacial score (nSPS) is 39.1. The third-order valence-electron chi connectivity index (χ3n) is 3.91. The summed E-state index contributed by atoms with van der Waals surface area (Å²) < 4.78 is 0. The van der Waals surface area contributed by atoms with Crippen LogP contribution in [0.4, 0.5) is 0 Å². The van der Waals surface area contributed by atoms with Gasteiger partial charge in [0.25, 0.3) is 0 Å². The van der Waals surface area contributed by atoms with E-state index in [-0.39, 0.29) is 17.6 Å². The van der Waals surface area contributed by atoms with Crippen LogP contribution in [0.5, 0.6) is 0 Å². The highest BCUT2D eigenvalue weighted by atomic mass is 16.3. The van der Waals surface area contributed by atoms with E-state index in [4.69, 9.17) is 0 Å². The Morgan fingerprint density at radius 3 is 2.86 bits per heavy atom. The van der Waals surface area contributed by atoms with Crippen LogP contribution in [-0.4, -0.2) is 34.6 Å². The molecule has 1 N–H and O–H groups in total. The molecule has 14 heavy (non-hydrogen) atoms. The smallest absolute Gasteiger partial charge is 0.222 e. The summed E-state index contributed by atoms with van der Waals surface area (Å²) in [6, 6.07) is 0. The molecule has 1 saturated carbocycles. The predicted octanol–water partition coefficient (Wildman–Crippen LogP) is 1.30. The fourth-order valence-electron chi connectivity index (χ4n) is 3.01. The molecule has 2 fully saturated rings. The molecule has 0 aromatic heterocycles. The molecule has 0 radical (unpaired) electrons. The van der Waals surface area contributed by atoms with Gasteiger partial charge in [-0.15, -0.1) is 0 Å². The molecule has 1 saturated heterocycles. The fraction of sp³-hybridized carbons (Fsp3) is 0.909. The van der Waals surface area contributed by atoms with E-state index >= 15 is 0 Å². The van der Waals surface area contributed by atoms with Gasteiger partial charge in [-0.1, -0.05) is 0 Å². The lowest BCUT2D eigenvalue weighted by atomic mass is 9.74. The molecule has 1 heterocycles. The number of amides is 1. The van der Waals surface area contributed by atoms with E-state index in [9.17, 15) is 9.90 Å². The van der Waals surface area contributed by atoms with Crippen molar-refractivity contribution in [2.24, 2.45) is 0 Å². The first-order valence-corrected chi connectivity index (χ1v) is 5.59. The summed E-state index contributed by atoms with van der Waals surface area (Å²) in [5, 5.41) is 9.69. The zero-order chi connectivity index (χ0) is 10.2. The predicted molar refractivity (Wildman–Crippen MR) is 53.8 cm³/mol. The molecule has 80 valence electrons. The van der Waals surface area contributed by atoms with E-state index in [0.717, 1.165) is 38.5 Å². The molecule has 1 aliphatic heterocycles. The minimum Gasteiger partial charge on any atom is -0.393 e. The first-order chi connectivity index (χ1) is 6.64. The van der Waals surface area contributed by atoms with Gasteiger partial charge in [-0.2, -0.15) is 0 Å². The molecular formula is C11H19NO2. The summed E-state index contributed by atoms with van der Waals surface area (Å²) in [6.45, 7) is 0. The van der Waals surface area contributed by atoms with Crippen molar-refractivity contribution >= 4 is 5.91 Å². The van der Waals surface area contributed by atoms with Crippen LogP contribution in [0.25, 0.3) is 0 Å². The molecule has 0 aromatic carbocycles. The van der Waals surface area contributed by atoms with Crippen LogP contribution in [0.3, 0.4) is 0 Å². The van der Waals surface area contributed by atoms with Crippen LogP contribution in [0, 0.1) is 0 Å². The van der Waals surface area contributed by atoms with Crippen molar-refractivity contribution in [2.75, 3.05) is 7.05 Å². The average molecular weight is 197 g/mol. The zero-order valence-corrected chi connectivity index (χ0v) is 8.83. The Hall–Kier alpha value is -0.570. The number of piperidine rings is 1. The van der Waals surface area contributed by atoms with Crippen LogP contribution in [-0.2, 0) is 4.79 Å². The lowest BCUT2D eigenvalue weighted by molar-refractivity contribution is -0.143. The number of rotatable bonds is 0. The minimum absolute atomic E-state index is 0.00694. The van der Waals surface area contributed by atoms with Crippen molar-refractivity contribution in [1.82, 2.24) is 4.90 Å². The summed E-state index contributed by atoms with van der Waals surface area (Å²) >= 11 is 0. The van der Waals surface area contributed by atoms with Crippen molar-refractivity contribution in [3.63, 3.8) is 0 Å². The van der Waals surface area contributed by atoms with Gasteiger partial charge in [0.05, 0.1) is 6.10 Å². The van der Waals surface area contributed by atoms with Crippen molar-refractivity contribution in [2.45, 2.75) is 56.6 Å². The van der Waals surface area contributed by atoms with Crippen molar-refractivity contribution in [3.05, 3.63) is 0 Å². The fourth-order valence-corrected chi connectivity index (χ4v) is 3.01. The van der Waals surface area contributed by atoms with E-state index in [1.807, 2.05) is 11.9 Å². The lowest BCUT2D eigenvalue weighted by Crippen LogP contribution is -2.55. The summed E-state index contributed by atoms with van der Waals surface area (Å²) in [5.74, 6) is 0.255. The molecular weight excluding hydrogens is 178 g/mol. The maximum absolute atomic E-state index is 11.6. The highest BCUT2D eigenvalue weighted by Crippen LogP contribution is 2.40. The Morgan fingerprint density at radius 2 is 2.14 bits per heavy atom. The molecule has 1 amide bonds. The van der Waals surface area contributed by atoms with E-state index in [0.29, 0.717) is 6.42 Å². The van der Waals surface area contributed by atoms with Crippen molar-refractivity contribution in [3.8, 4) is 0 Å². The largest absolute Gasteiger partial charge is 0.393 e. The molecule has 1 aliphatic carbocycles. The maximum Gasteiger partial charge on any atom is 0.222 e. The van der Waals surface area contributed by atoms with Gasteiger partial charge in [0.15, 0.2) is 0 Å². The Balaban J connectivity index is 2.15. The number of aliphatic hydroxyl groups is 1. The second-order valence-electron chi connectivity index (χ2n) is 4.78. The van der Waals surface area contributed by atoms with Crippen LogP contribution < -0.4 is 0 Å². The molecule has 2 aliphatic rings. The summed E-state index contributed by atoms with van der Waals surface area (Å²) in [5.41, 5.74) is -0.00694. The van der Waals surface area contributed by atoms with E-state index in [1.54, 1.807) is 0 Å². The Kier molecular flexibility index (Phi) is 2.52. The van der Waals surface area contributed by atoms with E-state index < -0.39 is 0 Å². The quantitative estimate of drug-likeness (QED) is 0.636. The summed E-state index contributed by atoms with van der Waals surface area (Å²) in [4.78, 5) is 13.5. The topological polar surface area (TPSA) is 40.5 Å². The molecule has 0 bridgehead atoms. The number of likely N-dealkylation sites (tertiary alicyclic amines) is 1. The Labute approximate surface area is 85.1 Å². The molecule has 2 atom stereocenters. The third-order valence-corrected chi connectivity index (χ3v) is 3.91. The van der Waals surface area contributed by atoms with Gasteiger partial charge < -0.3 is 10.0 Å². The minimum atomic E-state index is -0.197. The number of nitrogens with zero attached hydrogens (tertiary/aromatic N) is 1. The number of aliphatic hydroxyl groups excluding tert-OH is 1. The molecule has 1 spiro atoms. The number of hydrogen-bond acceptors (Lipinski definition) is 2. The number of hydrogen-bond donors (Lipinski definition) is 1. The highest BCUT2D eigenvalue weighted by molar-refractivity contribution is 5.77. The zero-order valence-electron chi connectivity index (χ0n) is 8.83. The van der Waals surface area contributed by atoms with Gasteiger partial charge in [0.1, 0.15) is 0 Å². The van der Waals surface area contributed by atoms with Crippen molar-refractivity contribution in [1.29, 1.82) is 0 Å². The van der Waals surface area contributed by atoms with Crippen LogP contribution >= 0.6 is 0 Å². The van der Waals surface area contributed by atoms with Gasteiger partial charge in [0, 0.05) is 19.0 Å². The first kappa shape index (κ1) is 9.97. The van der Waals surface area contributed by atoms with Gasteiger partial charge >= 0.3 is 0 Å². The molecule has 3 nitrogen and oxygen atoms in total. The molecule has 2 rings (SSSR count). The van der Waals surface area contributed by atoms with Crippen LogP contribution in [0.2, 0.25) is 0 Å².